The number of nitrogens with two attached hydrogens (primary N) is 1. The number of unbranched alkanes of at least 4 members (excludes halogenated alkanes) is 1. The zero-order valence-corrected chi connectivity index (χ0v) is 11.1. The molecule has 0 radical (unpaired) electrons. The fourth-order valence-electron chi connectivity index (χ4n) is 1.57. The van der Waals surface area contributed by atoms with Crippen molar-refractivity contribution in [3.63, 3.8) is 0 Å². The molecule has 0 amide bonds. The number of esters is 1. The lowest BCUT2D eigenvalue weighted by molar-refractivity contribution is -0.131. The minimum Gasteiger partial charge on any atom is -0.427 e. The van der Waals surface area contributed by atoms with E-state index in [1.165, 1.54) is 6.92 Å². The third kappa shape index (κ3) is 5.71. The molecule has 1 aromatic carbocycles. The third-order valence-electron chi connectivity index (χ3n) is 2.42. The van der Waals surface area contributed by atoms with E-state index in [9.17, 15) is 4.79 Å². The number of benzene rings is 1. The van der Waals surface area contributed by atoms with Crippen LogP contribution in [0.15, 0.2) is 24.3 Å². The number of rotatable bonds is 5. The molecule has 0 aliphatic carbocycles. The van der Waals surface area contributed by atoms with Gasteiger partial charge in [0.1, 0.15) is 5.75 Å². The fraction of sp³-hybridized carbons (Fsp3) is 0.462. The molecule has 0 aliphatic heterocycles. The van der Waals surface area contributed by atoms with Gasteiger partial charge in [0.2, 0.25) is 0 Å². The van der Waals surface area contributed by atoms with Crippen molar-refractivity contribution in [2.24, 2.45) is 5.73 Å². The summed E-state index contributed by atoms with van der Waals surface area (Å²) in [4.78, 5) is 10.8. The van der Waals surface area contributed by atoms with Crippen molar-refractivity contribution in [3.05, 3.63) is 29.8 Å². The van der Waals surface area contributed by atoms with Gasteiger partial charge in [-0.25, -0.2) is 0 Å². The summed E-state index contributed by atoms with van der Waals surface area (Å²) < 4.78 is 5.02. The first kappa shape index (κ1) is 15.9. The van der Waals surface area contributed by atoms with E-state index >= 15 is 0 Å². The largest absolute Gasteiger partial charge is 0.427 e. The Bertz CT molecular complexity index is 355. The molecule has 96 valence electrons. The van der Waals surface area contributed by atoms with Crippen LogP contribution in [0, 0.1) is 0 Å². The lowest BCUT2D eigenvalue weighted by Crippen LogP contribution is -2.10. The van der Waals surface area contributed by atoms with Crippen molar-refractivity contribution in [1.82, 2.24) is 0 Å². The van der Waals surface area contributed by atoms with Gasteiger partial charge < -0.3 is 10.5 Å². The second-order valence-electron chi connectivity index (χ2n) is 3.91. The Kier molecular flexibility index (Phi) is 7.59. The summed E-state index contributed by atoms with van der Waals surface area (Å²) in [5.41, 5.74) is 7.06. The Morgan fingerprint density at radius 3 is 2.76 bits per heavy atom. The van der Waals surface area contributed by atoms with E-state index in [1.54, 1.807) is 6.07 Å². The van der Waals surface area contributed by atoms with Crippen molar-refractivity contribution in [2.75, 3.05) is 0 Å². The number of carbonyl (C=O) groups excluding carboxylic acids is 1. The molecule has 0 aromatic heterocycles. The minimum absolute atomic E-state index is 0. The van der Waals surface area contributed by atoms with Crippen LogP contribution in [0.25, 0.3) is 0 Å². The summed E-state index contributed by atoms with van der Waals surface area (Å²) in [5, 5.41) is 0. The molecule has 0 bridgehead atoms. The average Bonchev–Trinajstić information content (AvgIpc) is 2.25. The molecule has 0 fully saturated rings. The third-order valence-corrected chi connectivity index (χ3v) is 2.42. The molecule has 1 aromatic rings. The minimum atomic E-state index is -0.306. The summed E-state index contributed by atoms with van der Waals surface area (Å²) in [6.07, 6.45) is 3.20. The first-order valence-electron chi connectivity index (χ1n) is 5.67. The van der Waals surface area contributed by atoms with E-state index < -0.39 is 0 Å². The molecule has 4 heteroatoms. The zero-order chi connectivity index (χ0) is 12.0. The van der Waals surface area contributed by atoms with Crippen molar-refractivity contribution in [1.29, 1.82) is 0 Å². The first-order valence-corrected chi connectivity index (χ1v) is 5.67. The number of carbonyl (C=O) groups is 1. The molecular formula is C13H20ClNO2. The Morgan fingerprint density at radius 1 is 1.47 bits per heavy atom. The van der Waals surface area contributed by atoms with Gasteiger partial charge in [-0.15, -0.1) is 12.4 Å². The first-order chi connectivity index (χ1) is 7.63. The van der Waals surface area contributed by atoms with Gasteiger partial charge in [-0.1, -0.05) is 31.9 Å². The predicted octanol–water partition coefficient (Wildman–Crippen LogP) is 3.22. The highest BCUT2D eigenvalue weighted by Crippen LogP contribution is 2.21. The Morgan fingerprint density at radius 2 is 2.18 bits per heavy atom. The van der Waals surface area contributed by atoms with E-state index in [0.29, 0.717) is 5.75 Å². The van der Waals surface area contributed by atoms with Gasteiger partial charge >= 0.3 is 5.97 Å². The summed E-state index contributed by atoms with van der Waals surface area (Å²) in [7, 11) is 0. The maximum absolute atomic E-state index is 10.8. The lowest BCUT2D eigenvalue weighted by atomic mass is 10.0. The normalized spacial score (nSPS) is 11.5. The zero-order valence-electron chi connectivity index (χ0n) is 10.3. The molecule has 3 nitrogen and oxygen atoms in total. The van der Waals surface area contributed by atoms with E-state index in [2.05, 4.69) is 6.92 Å². The molecule has 0 saturated carbocycles. The molecule has 17 heavy (non-hydrogen) atoms. The number of hydrogen-bond acceptors (Lipinski definition) is 3. The summed E-state index contributed by atoms with van der Waals surface area (Å²) >= 11 is 0. The van der Waals surface area contributed by atoms with Crippen LogP contribution in [0.1, 0.15) is 44.7 Å². The van der Waals surface area contributed by atoms with E-state index in [4.69, 9.17) is 10.5 Å². The average molecular weight is 258 g/mol. The molecule has 0 saturated heterocycles. The van der Waals surface area contributed by atoms with E-state index in [1.807, 2.05) is 18.2 Å². The van der Waals surface area contributed by atoms with Gasteiger partial charge in [-0.3, -0.25) is 4.79 Å². The van der Waals surface area contributed by atoms with Gasteiger partial charge in [0.05, 0.1) is 0 Å². The summed E-state index contributed by atoms with van der Waals surface area (Å²) in [6, 6.07) is 7.45. The van der Waals surface area contributed by atoms with Crippen LogP contribution in [0.5, 0.6) is 5.75 Å². The molecule has 0 aliphatic rings. The highest BCUT2D eigenvalue weighted by atomic mass is 35.5. The lowest BCUT2D eigenvalue weighted by Gasteiger charge is -2.12. The van der Waals surface area contributed by atoms with Gasteiger partial charge in [0.25, 0.3) is 0 Å². The Hall–Kier alpha value is -1.06. The highest BCUT2D eigenvalue weighted by molar-refractivity contribution is 5.85. The Labute approximate surface area is 109 Å². The van der Waals surface area contributed by atoms with Crippen LogP contribution in [-0.2, 0) is 4.79 Å². The Balaban J connectivity index is 0.00000256. The van der Waals surface area contributed by atoms with E-state index in [0.717, 1.165) is 24.8 Å². The van der Waals surface area contributed by atoms with Crippen LogP contribution < -0.4 is 10.5 Å². The predicted molar refractivity (Wildman–Crippen MR) is 71.5 cm³/mol. The number of ether oxygens (including phenoxy) is 1. The van der Waals surface area contributed by atoms with Crippen molar-refractivity contribution >= 4 is 18.4 Å². The van der Waals surface area contributed by atoms with Gasteiger partial charge in [-0.05, 0) is 24.1 Å². The topological polar surface area (TPSA) is 52.3 Å². The fourth-order valence-corrected chi connectivity index (χ4v) is 1.57. The molecule has 0 heterocycles. The summed E-state index contributed by atoms with van der Waals surface area (Å²) in [5.74, 6) is 0.260. The SMILES string of the molecule is CCCC[C@H](N)c1cccc(OC(C)=O)c1.Cl. The van der Waals surface area contributed by atoms with Crippen molar-refractivity contribution < 1.29 is 9.53 Å². The second kappa shape index (κ2) is 8.09. The standard InChI is InChI=1S/C13H19NO2.ClH/c1-3-4-8-13(14)11-6-5-7-12(9-11)16-10(2)15;/h5-7,9,13H,3-4,8,14H2,1-2H3;1H/t13-;/m0./s1. The molecule has 1 rings (SSSR count). The highest BCUT2D eigenvalue weighted by Gasteiger charge is 2.07. The van der Waals surface area contributed by atoms with Crippen LogP contribution in [0.3, 0.4) is 0 Å². The number of hydrogen-bond donors (Lipinski definition) is 1. The van der Waals surface area contributed by atoms with Gasteiger partial charge in [0.15, 0.2) is 0 Å². The second-order valence-corrected chi connectivity index (χ2v) is 3.91. The van der Waals surface area contributed by atoms with Gasteiger partial charge in [0, 0.05) is 13.0 Å². The molecule has 1 atom stereocenters. The van der Waals surface area contributed by atoms with Crippen molar-refractivity contribution in [2.45, 2.75) is 39.2 Å². The van der Waals surface area contributed by atoms with Crippen LogP contribution >= 0.6 is 12.4 Å². The van der Waals surface area contributed by atoms with E-state index in [-0.39, 0.29) is 24.4 Å². The van der Waals surface area contributed by atoms with Gasteiger partial charge in [-0.2, -0.15) is 0 Å². The molecular weight excluding hydrogens is 238 g/mol. The maximum Gasteiger partial charge on any atom is 0.308 e. The quantitative estimate of drug-likeness (QED) is 0.651. The van der Waals surface area contributed by atoms with Crippen LogP contribution in [0.2, 0.25) is 0 Å². The van der Waals surface area contributed by atoms with Crippen LogP contribution in [0.4, 0.5) is 0 Å². The van der Waals surface area contributed by atoms with Crippen molar-refractivity contribution in [3.8, 4) is 5.75 Å². The monoisotopic (exact) mass is 257 g/mol. The van der Waals surface area contributed by atoms with Crippen LogP contribution in [-0.4, -0.2) is 5.97 Å². The molecule has 0 spiro atoms. The molecule has 2 N–H and O–H groups in total. The maximum atomic E-state index is 10.8. The smallest absolute Gasteiger partial charge is 0.308 e. The molecule has 0 unspecified atom stereocenters. The number of halogens is 1. The summed E-state index contributed by atoms with van der Waals surface area (Å²) in [6.45, 7) is 3.53.